The van der Waals surface area contributed by atoms with Crippen molar-refractivity contribution in [1.29, 1.82) is 0 Å². The molecular weight excluding hydrogens is 511 g/mol. The Morgan fingerprint density at radius 1 is 1.31 bits per heavy atom. The van der Waals surface area contributed by atoms with Gasteiger partial charge in [-0.3, -0.25) is 4.79 Å². The van der Waals surface area contributed by atoms with E-state index in [0.717, 1.165) is 29.6 Å². The van der Waals surface area contributed by atoms with Crippen LogP contribution >= 0.6 is 39.9 Å². The summed E-state index contributed by atoms with van der Waals surface area (Å²) in [6.45, 7) is 6.97. The SMILES string of the molecule is CCOCCCNC(=NCc1ccc(Br)cc1C)NCC(=O)N(C)C.I. The van der Waals surface area contributed by atoms with E-state index in [4.69, 9.17) is 4.74 Å². The Hall–Kier alpha value is -0.870. The molecule has 0 radical (unpaired) electrons. The van der Waals surface area contributed by atoms with Gasteiger partial charge in [-0.05, 0) is 43.5 Å². The van der Waals surface area contributed by atoms with Crippen molar-refractivity contribution in [2.45, 2.75) is 26.8 Å². The smallest absolute Gasteiger partial charge is 0.241 e. The van der Waals surface area contributed by atoms with Crippen LogP contribution in [0, 0.1) is 6.92 Å². The Kier molecular flexibility index (Phi) is 13.7. The van der Waals surface area contributed by atoms with Crippen LogP contribution in [0.5, 0.6) is 0 Å². The van der Waals surface area contributed by atoms with Crippen molar-refractivity contribution in [3.8, 4) is 0 Å². The minimum Gasteiger partial charge on any atom is -0.382 e. The first-order valence-electron chi connectivity index (χ1n) is 8.49. The summed E-state index contributed by atoms with van der Waals surface area (Å²) in [7, 11) is 3.48. The second-order valence-electron chi connectivity index (χ2n) is 5.85. The predicted molar refractivity (Wildman–Crippen MR) is 121 cm³/mol. The third-order valence-corrected chi connectivity index (χ3v) is 4.07. The first-order valence-corrected chi connectivity index (χ1v) is 9.28. The summed E-state index contributed by atoms with van der Waals surface area (Å²) in [5, 5.41) is 6.34. The van der Waals surface area contributed by atoms with Crippen LogP contribution in [0.25, 0.3) is 0 Å². The number of ether oxygens (including phenoxy) is 1. The molecule has 0 atom stereocenters. The Morgan fingerprint density at radius 3 is 2.65 bits per heavy atom. The van der Waals surface area contributed by atoms with Gasteiger partial charge in [0, 0.05) is 38.3 Å². The molecule has 0 heterocycles. The minimum absolute atomic E-state index is 0. The van der Waals surface area contributed by atoms with E-state index >= 15 is 0 Å². The number of nitrogens with one attached hydrogen (secondary N) is 2. The van der Waals surface area contributed by atoms with Crippen LogP contribution in [0.15, 0.2) is 27.7 Å². The molecule has 0 saturated heterocycles. The van der Waals surface area contributed by atoms with Crippen LogP contribution in [0.2, 0.25) is 0 Å². The molecule has 8 heteroatoms. The summed E-state index contributed by atoms with van der Waals surface area (Å²) in [6, 6.07) is 6.14. The van der Waals surface area contributed by atoms with Gasteiger partial charge >= 0.3 is 0 Å². The highest BCUT2D eigenvalue weighted by Gasteiger charge is 2.06. The van der Waals surface area contributed by atoms with Gasteiger partial charge in [-0.25, -0.2) is 4.99 Å². The number of halogens is 2. The number of nitrogens with zero attached hydrogens (tertiary/aromatic N) is 2. The third-order valence-electron chi connectivity index (χ3n) is 3.58. The van der Waals surface area contributed by atoms with Gasteiger partial charge < -0.3 is 20.3 Å². The molecule has 0 aliphatic heterocycles. The largest absolute Gasteiger partial charge is 0.382 e. The fourth-order valence-electron chi connectivity index (χ4n) is 2.02. The molecule has 0 aromatic heterocycles. The molecule has 0 fully saturated rings. The number of benzene rings is 1. The predicted octanol–water partition coefficient (Wildman–Crippen LogP) is 2.93. The summed E-state index contributed by atoms with van der Waals surface area (Å²) in [5.74, 6) is 0.637. The number of carbonyl (C=O) groups is 1. The van der Waals surface area contributed by atoms with Gasteiger partial charge in [0.1, 0.15) is 0 Å². The number of rotatable bonds is 9. The average molecular weight is 541 g/mol. The number of aliphatic imine (C=N–C) groups is 1. The van der Waals surface area contributed by atoms with Crippen LogP contribution in [-0.2, 0) is 16.1 Å². The molecule has 2 N–H and O–H groups in total. The fourth-order valence-corrected chi connectivity index (χ4v) is 2.49. The van der Waals surface area contributed by atoms with E-state index in [9.17, 15) is 4.79 Å². The van der Waals surface area contributed by atoms with E-state index in [0.29, 0.717) is 19.1 Å². The molecule has 6 nitrogen and oxygen atoms in total. The molecule has 0 aliphatic rings. The lowest BCUT2D eigenvalue weighted by atomic mass is 10.1. The zero-order chi connectivity index (χ0) is 18.7. The number of amides is 1. The summed E-state index contributed by atoms with van der Waals surface area (Å²) in [5.41, 5.74) is 2.33. The second-order valence-corrected chi connectivity index (χ2v) is 6.77. The van der Waals surface area contributed by atoms with Crippen molar-refractivity contribution in [3.05, 3.63) is 33.8 Å². The van der Waals surface area contributed by atoms with E-state index in [1.807, 2.05) is 13.0 Å². The highest BCUT2D eigenvalue weighted by molar-refractivity contribution is 14.0. The monoisotopic (exact) mass is 540 g/mol. The summed E-state index contributed by atoms with van der Waals surface area (Å²) in [6.07, 6.45) is 0.882. The number of carbonyl (C=O) groups excluding carboxylic acids is 1. The minimum atomic E-state index is 0. The Bertz CT molecular complexity index is 582. The van der Waals surface area contributed by atoms with Gasteiger partial charge in [-0.2, -0.15) is 0 Å². The molecule has 1 aromatic carbocycles. The van der Waals surface area contributed by atoms with E-state index in [1.54, 1.807) is 19.0 Å². The first-order chi connectivity index (χ1) is 11.9. The molecule has 1 rings (SSSR count). The van der Waals surface area contributed by atoms with Crippen LogP contribution in [0.3, 0.4) is 0 Å². The number of guanidine groups is 1. The van der Waals surface area contributed by atoms with E-state index in [1.165, 1.54) is 5.56 Å². The molecule has 0 unspecified atom stereocenters. The molecule has 26 heavy (non-hydrogen) atoms. The molecule has 148 valence electrons. The standard InChI is InChI=1S/C18H29BrN4O2.HI/c1-5-25-10-6-9-20-18(22-13-17(24)23(3)4)21-12-15-7-8-16(19)11-14(15)2;/h7-8,11H,5-6,9-10,12-13H2,1-4H3,(H2,20,21,22);1H. The van der Waals surface area contributed by atoms with Crippen molar-refractivity contribution in [1.82, 2.24) is 15.5 Å². The Balaban J connectivity index is 0.00000625. The van der Waals surface area contributed by atoms with Crippen molar-refractivity contribution in [2.24, 2.45) is 4.99 Å². The van der Waals surface area contributed by atoms with Crippen LogP contribution in [-0.4, -0.2) is 57.2 Å². The van der Waals surface area contributed by atoms with E-state index in [-0.39, 0.29) is 36.4 Å². The summed E-state index contributed by atoms with van der Waals surface area (Å²) < 4.78 is 6.39. The molecule has 1 amide bonds. The zero-order valence-corrected chi connectivity index (χ0v) is 19.9. The van der Waals surface area contributed by atoms with Gasteiger partial charge in [-0.1, -0.05) is 22.0 Å². The fraction of sp³-hybridized carbons (Fsp3) is 0.556. The maximum Gasteiger partial charge on any atom is 0.241 e. The van der Waals surface area contributed by atoms with Crippen molar-refractivity contribution in [3.63, 3.8) is 0 Å². The summed E-state index contributed by atoms with van der Waals surface area (Å²) >= 11 is 3.47. The lowest BCUT2D eigenvalue weighted by Crippen LogP contribution is -2.43. The maximum absolute atomic E-state index is 11.8. The molecule has 0 saturated carbocycles. The van der Waals surface area contributed by atoms with Crippen molar-refractivity contribution >= 4 is 51.8 Å². The highest BCUT2D eigenvalue weighted by Crippen LogP contribution is 2.16. The maximum atomic E-state index is 11.8. The van der Waals surface area contributed by atoms with Gasteiger partial charge in [0.05, 0.1) is 13.1 Å². The second kappa shape index (κ2) is 14.2. The van der Waals surface area contributed by atoms with Gasteiger partial charge in [-0.15, -0.1) is 24.0 Å². The molecule has 0 spiro atoms. The number of hydrogen-bond acceptors (Lipinski definition) is 3. The molecule has 0 bridgehead atoms. The summed E-state index contributed by atoms with van der Waals surface area (Å²) in [4.78, 5) is 17.9. The van der Waals surface area contributed by atoms with Crippen molar-refractivity contribution in [2.75, 3.05) is 40.4 Å². The highest BCUT2D eigenvalue weighted by atomic mass is 127. The Morgan fingerprint density at radius 2 is 2.04 bits per heavy atom. The normalized spacial score (nSPS) is 10.9. The molecular formula is C18H30BrIN4O2. The molecule has 0 aliphatic carbocycles. The average Bonchev–Trinajstić information content (AvgIpc) is 2.57. The van der Waals surface area contributed by atoms with E-state index in [2.05, 4.69) is 50.6 Å². The number of aryl methyl sites for hydroxylation is 1. The van der Waals surface area contributed by atoms with E-state index < -0.39 is 0 Å². The van der Waals surface area contributed by atoms with Gasteiger partial charge in [0.2, 0.25) is 5.91 Å². The lowest BCUT2D eigenvalue weighted by Gasteiger charge is -2.15. The number of hydrogen-bond donors (Lipinski definition) is 2. The van der Waals surface area contributed by atoms with Crippen molar-refractivity contribution < 1.29 is 9.53 Å². The molecule has 1 aromatic rings. The Labute approximate surface area is 182 Å². The van der Waals surface area contributed by atoms with Gasteiger partial charge in [0.25, 0.3) is 0 Å². The zero-order valence-electron chi connectivity index (χ0n) is 16.0. The topological polar surface area (TPSA) is 66.0 Å². The first kappa shape index (κ1) is 25.1. The van der Waals surface area contributed by atoms with Crippen LogP contribution < -0.4 is 10.6 Å². The quantitative estimate of drug-likeness (QED) is 0.219. The third kappa shape index (κ3) is 10.3. The van der Waals surface area contributed by atoms with Gasteiger partial charge in [0.15, 0.2) is 5.96 Å². The van der Waals surface area contributed by atoms with Crippen LogP contribution in [0.4, 0.5) is 0 Å². The number of likely N-dealkylation sites (N-methyl/N-ethyl adjacent to an activating group) is 1. The lowest BCUT2D eigenvalue weighted by molar-refractivity contribution is -0.127. The van der Waals surface area contributed by atoms with Crippen LogP contribution in [0.1, 0.15) is 24.5 Å².